The Hall–Kier alpha value is -1.52. The third-order valence-electron chi connectivity index (χ3n) is 3.09. The topological polar surface area (TPSA) is 64.3 Å². The maximum atomic E-state index is 5.66. The van der Waals surface area contributed by atoms with E-state index in [9.17, 15) is 0 Å². The molecule has 1 fully saturated rings. The number of nitrogens with zero attached hydrogens (tertiary/aromatic N) is 3. The molecule has 1 aromatic rings. The van der Waals surface area contributed by atoms with Crippen LogP contribution in [0.4, 0.5) is 11.8 Å². The number of hydrogen-bond acceptors (Lipinski definition) is 5. The Morgan fingerprint density at radius 3 is 2.75 bits per heavy atom. The molecule has 1 aromatic heterocycles. The first-order valence-corrected chi connectivity index (χ1v) is 5.49. The van der Waals surface area contributed by atoms with Gasteiger partial charge in [0.25, 0.3) is 0 Å². The van der Waals surface area contributed by atoms with Crippen LogP contribution in [0.15, 0.2) is 6.07 Å². The zero-order valence-corrected chi connectivity index (χ0v) is 10.0. The number of hydrogen-bond donors (Lipinski definition) is 1. The summed E-state index contributed by atoms with van der Waals surface area (Å²) in [5.74, 6) is 1.63. The van der Waals surface area contributed by atoms with Crippen LogP contribution in [0.3, 0.4) is 0 Å². The molecule has 1 aliphatic rings. The average molecular weight is 222 g/mol. The van der Waals surface area contributed by atoms with E-state index < -0.39 is 0 Å². The highest BCUT2D eigenvalue weighted by Crippen LogP contribution is 2.33. The van der Waals surface area contributed by atoms with Crippen molar-refractivity contribution in [1.29, 1.82) is 0 Å². The first-order chi connectivity index (χ1) is 7.53. The van der Waals surface area contributed by atoms with Crippen LogP contribution in [0.1, 0.15) is 26.7 Å². The van der Waals surface area contributed by atoms with Crippen molar-refractivity contribution in [2.24, 2.45) is 0 Å². The van der Waals surface area contributed by atoms with Gasteiger partial charge in [0.1, 0.15) is 5.82 Å². The Morgan fingerprint density at radius 1 is 1.44 bits per heavy atom. The van der Waals surface area contributed by atoms with Gasteiger partial charge < -0.3 is 15.4 Å². The Labute approximate surface area is 95.6 Å². The van der Waals surface area contributed by atoms with Crippen LogP contribution >= 0.6 is 0 Å². The number of methoxy groups -OCH3 is 1. The third kappa shape index (κ3) is 1.89. The van der Waals surface area contributed by atoms with Crippen molar-refractivity contribution in [2.45, 2.75) is 32.2 Å². The third-order valence-corrected chi connectivity index (χ3v) is 3.09. The second kappa shape index (κ2) is 3.81. The molecule has 0 aromatic carbocycles. The number of aromatic nitrogens is 2. The number of ether oxygens (including phenoxy) is 1. The van der Waals surface area contributed by atoms with Gasteiger partial charge in [-0.25, -0.2) is 0 Å². The highest BCUT2D eigenvalue weighted by atomic mass is 16.5. The predicted octanol–water partition coefficient (Wildman–Crippen LogP) is 1.45. The van der Waals surface area contributed by atoms with Crippen molar-refractivity contribution >= 4 is 11.8 Å². The van der Waals surface area contributed by atoms with Crippen LogP contribution in [0.5, 0.6) is 5.88 Å². The van der Waals surface area contributed by atoms with Gasteiger partial charge in [-0.3, -0.25) is 0 Å². The predicted molar refractivity (Wildman–Crippen MR) is 63.7 cm³/mol. The van der Waals surface area contributed by atoms with E-state index in [0.717, 1.165) is 12.4 Å². The van der Waals surface area contributed by atoms with Gasteiger partial charge in [0, 0.05) is 18.2 Å². The smallest absolute Gasteiger partial charge is 0.225 e. The van der Waals surface area contributed by atoms with E-state index in [1.165, 1.54) is 12.8 Å². The van der Waals surface area contributed by atoms with E-state index in [1.54, 1.807) is 7.11 Å². The monoisotopic (exact) mass is 222 g/mol. The van der Waals surface area contributed by atoms with Crippen LogP contribution in [-0.2, 0) is 0 Å². The normalized spacial score (nSPS) is 18.8. The van der Waals surface area contributed by atoms with Crippen molar-refractivity contribution in [3.63, 3.8) is 0 Å². The number of anilines is 2. The Bertz CT molecular complexity index is 392. The summed E-state index contributed by atoms with van der Waals surface area (Å²) in [4.78, 5) is 10.5. The molecule has 88 valence electrons. The fourth-order valence-electron chi connectivity index (χ4n) is 2.21. The summed E-state index contributed by atoms with van der Waals surface area (Å²) in [6, 6.07) is 1.84. The number of nitrogens with two attached hydrogens (primary N) is 1. The van der Waals surface area contributed by atoms with Crippen LogP contribution < -0.4 is 15.4 Å². The molecule has 0 saturated carbocycles. The molecular weight excluding hydrogens is 204 g/mol. The minimum atomic E-state index is 0.131. The van der Waals surface area contributed by atoms with E-state index in [4.69, 9.17) is 10.5 Å². The summed E-state index contributed by atoms with van der Waals surface area (Å²) in [6.45, 7) is 5.43. The largest absolute Gasteiger partial charge is 0.481 e. The summed E-state index contributed by atoms with van der Waals surface area (Å²) in [7, 11) is 1.58. The molecule has 0 spiro atoms. The maximum absolute atomic E-state index is 5.66. The van der Waals surface area contributed by atoms with Gasteiger partial charge in [-0.15, -0.1) is 0 Å². The highest BCUT2D eigenvalue weighted by Gasteiger charge is 2.33. The summed E-state index contributed by atoms with van der Waals surface area (Å²) >= 11 is 0. The van der Waals surface area contributed by atoms with Crippen molar-refractivity contribution in [3.8, 4) is 5.88 Å². The maximum Gasteiger partial charge on any atom is 0.225 e. The molecular formula is C11H18N4O. The summed E-state index contributed by atoms with van der Waals surface area (Å²) in [6.07, 6.45) is 2.35. The minimum absolute atomic E-state index is 0.131. The molecule has 0 radical (unpaired) electrons. The van der Waals surface area contributed by atoms with Gasteiger partial charge in [0.05, 0.1) is 7.11 Å². The first kappa shape index (κ1) is 11.0. The lowest BCUT2D eigenvalue weighted by Gasteiger charge is -2.32. The molecule has 0 amide bonds. The number of rotatable bonds is 2. The zero-order chi connectivity index (χ0) is 11.8. The quantitative estimate of drug-likeness (QED) is 0.820. The molecule has 0 unspecified atom stereocenters. The van der Waals surface area contributed by atoms with Crippen LogP contribution in [0.2, 0.25) is 0 Å². The fraction of sp³-hybridized carbons (Fsp3) is 0.636. The van der Waals surface area contributed by atoms with E-state index in [1.807, 2.05) is 6.07 Å². The molecule has 0 aliphatic carbocycles. The van der Waals surface area contributed by atoms with E-state index in [0.29, 0.717) is 5.88 Å². The molecule has 2 rings (SSSR count). The molecule has 5 heteroatoms. The minimum Gasteiger partial charge on any atom is -0.481 e. The summed E-state index contributed by atoms with van der Waals surface area (Å²) < 4.78 is 5.11. The van der Waals surface area contributed by atoms with Crippen molar-refractivity contribution in [1.82, 2.24) is 9.97 Å². The zero-order valence-electron chi connectivity index (χ0n) is 10.0. The van der Waals surface area contributed by atoms with E-state index in [-0.39, 0.29) is 11.5 Å². The molecule has 1 saturated heterocycles. The van der Waals surface area contributed by atoms with Gasteiger partial charge >= 0.3 is 0 Å². The van der Waals surface area contributed by atoms with Crippen LogP contribution in [0, 0.1) is 0 Å². The summed E-state index contributed by atoms with van der Waals surface area (Å²) in [5.41, 5.74) is 5.79. The molecule has 2 N–H and O–H groups in total. The van der Waals surface area contributed by atoms with Crippen LogP contribution in [0.25, 0.3) is 0 Å². The molecule has 0 bridgehead atoms. The van der Waals surface area contributed by atoms with Crippen molar-refractivity contribution < 1.29 is 4.74 Å². The molecule has 16 heavy (non-hydrogen) atoms. The fourth-order valence-corrected chi connectivity index (χ4v) is 2.21. The Kier molecular flexibility index (Phi) is 2.61. The van der Waals surface area contributed by atoms with Gasteiger partial charge in [-0.05, 0) is 26.7 Å². The average Bonchev–Trinajstić information content (AvgIpc) is 2.57. The first-order valence-electron chi connectivity index (χ1n) is 5.49. The lowest BCUT2D eigenvalue weighted by molar-refractivity contribution is 0.397. The second-order valence-electron chi connectivity index (χ2n) is 4.69. The van der Waals surface area contributed by atoms with Crippen molar-refractivity contribution in [3.05, 3.63) is 6.07 Å². The highest BCUT2D eigenvalue weighted by molar-refractivity contribution is 5.48. The molecule has 1 aliphatic heterocycles. The SMILES string of the molecule is COc1cc(N2CCCC2(C)C)nc(N)n1. The second-order valence-corrected chi connectivity index (χ2v) is 4.69. The van der Waals surface area contributed by atoms with Gasteiger partial charge in [0.2, 0.25) is 11.8 Å². The number of nitrogen functional groups attached to an aromatic ring is 1. The Balaban J connectivity index is 2.36. The van der Waals surface area contributed by atoms with E-state index >= 15 is 0 Å². The summed E-state index contributed by atoms with van der Waals surface area (Å²) in [5, 5.41) is 0. The molecule has 5 nitrogen and oxygen atoms in total. The van der Waals surface area contributed by atoms with Crippen LogP contribution in [-0.4, -0.2) is 29.2 Å². The Morgan fingerprint density at radius 2 is 2.19 bits per heavy atom. The van der Waals surface area contributed by atoms with Crippen molar-refractivity contribution in [2.75, 3.05) is 24.3 Å². The lowest BCUT2D eigenvalue weighted by atomic mass is 10.0. The van der Waals surface area contributed by atoms with E-state index in [2.05, 4.69) is 28.7 Å². The molecule has 0 atom stereocenters. The van der Waals surface area contributed by atoms with Gasteiger partial charge in [-0.2, -0.15) is 9.97 Å². The lowest BCUT2D eigenvalue weighted by Crippen LogP contribution is -2.38. The standard InChI is InChI=1S/C11H18N4O/c1-11(2)5-4-6-15(11)8-7-9(16-3)14-10(12)13-8/h7H,4-6H2,1-3H3,(H2,12,13,14). The van der Waals surface area contributed by atoms with Gasteiger partial charge in [0.15, 0.2) is 0 Å². The molecule has 2 heterocycles. The van der Waals surface area contributed by atoms with Gasteiger partial charge in [-0.1, -0.05) is 0 Å².